The minimum absolute atomic E-state index is 0.0754. The molecular weight excluding hydrogens is 503 g/mol. The third-order valence-corrected chi connectivity index (χ3v) is 7.09. The molecule has 0 aliphatic carbocycles. The first-order chi connectivity index (χ1) is 18.4. The van der Waals surface area contributed by atoms with E-state index < -0.39 is 23.7 Å². The average Bonchev–Trinajstić information content (AvgIpc) is 3.37. The number of carbonyl (C=O) groups is 4. The fraction of sp³-hybridized carbons (Fsp3) is 0.621. The van der Waals surface area contributed by atoms with Crippen LogP contribution in [-0.4, -0.2) is 71.1 Å². The number of likely N-dealkylation sites (tertiary alicyclic amines) is 2. The summed E-state index contributed by atoms with van der Waals surface area (Å²) in [5.74, 6) is -1.98. The molecule has 1 aromatic carbocycles. The fourth-order valence-corrected chi connectivity index (χ4v) is 4.83. The summed E-state index contributed by atoms with van der Waals surface area (Å²) in [6.07, 6.45) is 3.24. The molecule has 0 spiro atoms. The van der Waals surface area contributed by atoms with Gasteiger partial charge in [0.05, 0.1) is 5.92 Å². The summed E-state index contributed by atoms with van der Waals surface area (Å²) < 4.78 is 18.6. The van der Waals surface area contributed by atoms with Crippen molar-refractivity contribution in [1.29, 1.82) is 0 Å². The fourth-order valence-electron chi connectivity index (χ4n) is 4.83. The van der Waals surface area contributed by atoms with Crippen molar-refractivity contribution in [2.75, 3.05) is 19.6 Å². The number of halogens is 1. The molecular formula is C29H41FN4O5. The summed E-state index contributed by atoms with van der Waals surface area (Å²) in [4.78, 5) is 58.7. The van der Waals surface area contributed by atoms with Crippen LogP contribution in [0, 0.1) is 23.6 Å². The van der Waals surface area contributed by atoms with Crippen molar-refractivity contribution >= 4 is 30.0 Å². The molecule has 0 bridgehead atoms. The third-order valence-electron chi connectivity index (χ3n) is 7.09. The van der Waals surface area contributed by atoms with Gasteiger partial charge >= 0.3 is 6.09 Å². The maximum Gasteiger partial charge on any atom is 0.410 e. The molecule has 2 atom stereocenters. The molecule has 1 aromatic rings. The Morgan fingerprint density at radius 1 is 1.08 bits per heavy atom. The number of benzene rings is 1. The first-order valence-corrected chi connectivity index (χ1v) is 13.7. The van der Waals surface area contributed by atoms with Crippen LogP contribution in [0.5, 0.6) is 0 Å². The minimum atomic E-state index is -0.635. The van der Waals surface area contributed by atoms with E-state index in [1.807, 2.05) is 13.8 Å². The van der Waals surface area contributed by atoms with Crippen LogP contribution < -0.4 is 5.32 Å². The molecule has 214 valence electrons. The molecule has 0 radical (unpaired) electrons. The van der Waals surface area contributed by atoms with Gasteiger partial charge in [-0.25, -0.2) is 14.2 Å². The van der Waals surface area contributed by atoms with E-state index in [0.717, 1.165) is 12.0 Å². The Labute approximate surface area is 230 Å². The second-order valence-electron chi connectivity index (χ2n) is 11.7. The molecule has 2 aliphatic heterocycles. The highest BCUT2D eigenvalue weighted by molar-refractivity contribution is 5.98. The molecule has 2 aliphatic rings. The van der Waals surface area contributed by atoms with Crippen molar-refractivity contribution in [2.45, 2.75) is 78.5 Å². The van der Waals surface area contributed by atoms with Gasteiger partial charge in [-0.2, -0.15) is 0 Å². The number of aliphatic imine (C=N–C) groups is 1. The Morgan fingerprint density at radius 3 is 2.31 bits per heavy atom. The summed E-state index contributed by atoms with van der Waals surface area (Å²) in [6.45, 7) is 10.7. The maximum atomic E-state index is 13.2. The molecule has 2 heterocycles. The topological polar surface area (TPSA) is 108 Å². The number of hydrogen-bond acceptors (Lipinski definition) is 5. The van der Waals surface area contributed by atoms with Crippen LogP contribution in [0.4, 0.5) is 9.18 Å². The number of nitrogens with one attached hydrogen (secondary N) is 1. The second kappa shape index (κ2) is 13.2. The van der Waals surface area contributed by atoms with Gasteiger partial charge in [0, 0.05) is 38.3 Å². The van der Waals surface area contributed by atoms with E-state index in [1.165, 1.54) is 23.2 Å². The molecule has 2 unspecified atom stereocenters. The van der Waals surface area contributed by atoms with Crippen molar-refractivity contribution in [2.24, 2.45) is 22.7 Å². The van der Waals surface area contributed by atoms with Gasteiger partial charge in [-0.1, -0.05) is 26.0 Å². The Morgan fingerprint density at radius 2 is 1.72 bits per heavy atom. The number of piperidine rings is 1. The van der Waals surface area contributed by atoms with Gasteiger partial charge in [0.25, 0.3) is 0 Å². The first kappa shape index (κ1) is 30.2. The lowest BCUT2D eigenvalue weighted by molar-refractivity contribution is -0.138. The van der Waals surface area contributed by atoms with E-state index in [0.29, 0.717) is 38.9 Å². The molecule has 4 amide bonds. The van der Waals surface area contributed by atoms with Crippen LogP contribution >= 0.6 is 0 Å². The minimum Gasteiger partial charge on any atom is -0.444 e. The normalized spacial score (nSPS) is 19.4. The molecule has 10 heteroatoms. The van der Waals surface area contributed by atoms with E-state index in [-0.39, 0.29) is 41.9 Å². The SMILES string of the molecule is CC(C)C(C=NC(=O)C1CCN(C(=O)C2CCCN2C(=O)OC(C)(C)C)CC1)C(=O)NCc1ccc(F)cc1. The quantitative estimate of drug-likeness (QED) is 0.523. The maximum absolute atomic E-state index is 13.2. The van der Waals surface area contributed by atoms with Gasteiger partial charge in [-0.15, -0.1) is 0 Å². The van der Waals surface area contributed by atoms with Crippen LogP contribution in [-0.2, 0) is 25.7 Å². The molecule has 1 N–H and O–H groups in total. The highest BCUT2D eigenvalue weighted by atomic mass is 19.1. The summed E-state index contributed by atoms with van der Waals surface area (Å²) in [5.41, 5.74) is 0.137. The molecule has 3 rings (SSSR count). The average molecular weight is 545 g/mol. The Bertz CT molecular complexity index is 1060. The van der Waals surface area contributed by atoms with Crippen LogP contribution in [0.2, 0.25) is 0 Å². The van der Waals surface area contributed by atoms with Gasteiger partial charge < -0.3 is 15.0 Å². The summed E-state index contributed by atoms with van der Waals surface area (Å²) >= 11 is 0. The van der Waals surface area contributed by atoms with E-state index in [2.05, 4.69) is 10.3 Å². The number of rotatable bonds is 7. The highest BCUT2D eigenvalue weighted by Gasteiger charge is 2.40. The van der Waals surface area contributed by atoms with Gasteiger partial charge in [0.1, 0.15) is 17.5 Å². The van der Waals surface area contributed by atoms with E-state index >= 15 is 0 Å². The van der Waals surface area contributed by atoms with Crippen LogP contribution in [0.1, 0.15) is 65.9 Å². The largest absolute Gasteiger partial charge is 0.444 e. The zero-order chi connectivity index (χ0) is 28.7. The molecule has 0 saturated carbocycles. The third kappa shape index (κ3) is 8.60. The van der Waals surface area contributed by atoms with Crippen molar-refractivity contribution in [3.05, 3.63) is 35.6 Å². The second-order valence-corrected chi connectivity index (χ2v) is 11.7. The monoisotopic (exact) mass is 544 g/mol. The van der Waals surface area contributed by atoms with Crippen molar-refractivity contribution in [3.63, 3.8) is 0 Å². The number of nitrogens with zero attached hydrogens (tertiary/aromatic N) is 3. The molecule has 9 nitrogen and oxygen atoms in total. The molecule has 2 fully saturated rings. The number of ether oxygens (including phenoxy) is 1. The number of amides is 4. The zero-order valence-corrected chi connectivity index (χ0v) is 23.6. The predicted molar refractivity (Wildman–Crippen MR) is 145 cm³/mol. The lowest BCUT2D eigenvalue weighted by Crippen LogP contribution is -2.51. The van der Waals surface area contributed by atoms with Crippen LogP contribution in [0.3, 0.4) is 0 Å². The van der Waals surface area contributed by atoms with Crippen LogP contribution in [0.15, 0.2) is 29.3 Å². The Balaban J connectivity index is 1.51. The van der Waals surface area contributed by atoms with E-state index in [4.69, 9.17) is 4.74 Å². The van der Waals surface area contributed by atoms with Gasteiger partial charge in [-0.3, -0.25) is 19.3 Å². The molecule has 0 aromatic heterocycles. The summed E-state index contributed by atoms with van der Waals surface area (Å²) in [5, 5.41) is 2.83. The Hall–Kier alpha value is -3.30. The van der Waals surface area contributed by atoms with E-state index in [1.54, 1.807) is 37.8 Å². The zero-order valence-electron chi connectivity index (χ0n) is 23.6. The van der Waals surface area contributed by atoms with Gasteiger partial charge in [-0.05, 0) is 70.1 Å². The van der Waals surface area contributed by atoms with Crippen molar-refractivity contribution in [3.8, 4) is 0 Å². The van der Waals surface area contributed by atoms with E-state index in [9.17, 15) is 23.6 Å². The Kier molecular flexibility index (Phi) is 10.2. The summed E-state index contributed by atoms with van der Waals surface area (Å²) in [6, 6.07) is 5.36. The van der Waals surface area contributed by atoms with Crippen molar-refractivity contribution in [1.82, 2.24) is 15.1 Å². The summed E-state index contributed by atoms with van der Waals surface area (Å²) in [7, 11) is 0. The predicted octanol–water partition coefficient (Wildman–Crippen LogP) is 3.95. The molecule has 39 heavy (non-hydrogen) atoms. The lowest BCUT2D eigenvalue weighted by Gasteiger charge is -2.35. The van der Waals surface area contributed by atoms with Crippen molar-refractivity contribution < 1.29 is 28.3 Å². The first-order valence-electron chi connectivity index (χ1n) is 13.7. The molecule has 2 saturated heterocycles. The van der Waals surface area contributed by atoms with Gasteiger partial charge in [0.15, 0.2) is 0 Å². The number of hydrogen-bond donors (Lipinski definition) is 1. The standard InChI is InChI=1S/C29H41FN4O5/c1-19(2)23(26(36)31-17-20-8-10-22(30)11-9-20)18-32-25(35)21-12-15-33(16-13-21)27(37)24-7-6-14-34(24)28(38)39-29(3,4)5/h8-11,18-19,21,23-24H,6-7,12-17H2,1-5H3,(H,31,36). The van der Waals surface area contributed by atoms with Gasteiger partial charge in [0.2, 0.25) is 17.7 Å². The van der Waals surface area contributed by atoms with Crippen LogP contribution in [0.25, 0.3) is 0 Å². The lowest BCUT2D eigenvalue weighted by atomic mass is 9.94. The highest BCUT2D eigenvalue weighted by Crippen LogP contribution is 2.26. The smallest absolute Gasteiger partial charge is 0.410 e. The number of carbonyl (C=O) groups excluding carboxylic acids is 4.